The van der Waals surface area contributed by atoms with E-state index in [1.165, 1.54) is 11.6 Å². The number of benzene rings is 2. The van der Waals surface area contributed by atoms with Crippen LogP contribution < -0.4 is 21.3 Å². The first-order valence-corrected chi connectivity index (χ1v) is 11.0. The average molecular weight is 464 g/mol. The highest BCUT2D eigenvalue weighted by Crippen LogP contribution is 2.26. The lowest BCUT2D eigenvalue weighted by Crippen LogP contribution is -2.37. The third-order valence-electron chi connectivity index (χ3n) is 4.99. The molecule has 4 aromatic rings. The summed E-state index contributed by atoms with van der Waals surface area (Å²) in [5, 5.41) is 3.33. The van der Waals surface area contributed by atoms with Gasteiger partial charge in [0.1, 0.15) is 16.2 Å². The first kappa shape index (κ1) is 22.3. The number of methoxy groups -OCH3 is 1. The highest BCUT2D eigenvalue weighted by Gasteiger charge is 2.19. The zero-order valence-corrected chi connectivity index (χ0v) is 19.0. The van der Waals surface area contributed by atoms with Gasteiger partial charge < -0.3 is 10.1 Å². The van der Waals surface area contributed by atoms with E-state index in [4.69, 9.17) is 4.74 Å². The number of aryl methyl sites for hydroxylation is 1. The standard InChI is InChI=1S/C23H21N5O4S/c1-27-20-18(22(30)28(2)23(27)31)21(26-19(25-20)14-8-5-4-6-9-14)33-13-17(29)24-15-10-7-11-16(12-15)32-3/h4-12H,13H2,1-3H3,(H,24,29). The molecule has 4 rings (SSSR count). The fraction of sp³-hybridized carbons (Fsp3) is 0.174. The second-order valence-corrected chi connectivity index (χ2v) is 8.16. The predicted octanol–water partition coefficient (Wildman–Crippen LogP) is 2.43. The van der Waals surface area contributed by atoms with Crippen molar-refractivity contribution < 1.29 is 9.53 Å². The number of aromatic nitrogens is 4. The van der Waals surface area contributed by atoms with Crippen LogP contribution in [0, 0.1) is 0 Å². The Balaban J connectivity index is 1.73. The summed E-state index contributed by atoms with van der Waals surface area (Å²) < 4.78 is 7.49. The van der Waals surface area contributed by atoms with Crippen molar-refractivity contribution in [1.82, 2.24) is 19.1 Å². The number of fused-ring (bicyclic) bond motifs is 1. The summed E-state index contributed by atoms with van der Waals surface area (Å²) >= 11 is 1.11. The molecule has 168 valence electrons. The molecule has 0 radical (unpaired) electrons. The van der Waals surface area contributed by atoms with Crippen molar-refractivity contribution in [1.29, 1.82) is 0 Å². The van der Waals surface area contributed by atoms with Gasteiger partial charge >= 0.3 is 5.69 Å². The van der Waals surface area contributed by atoms with Crippen LogP contribution in [0.25, 0.3) is 22.4 Å². The number of hydrogen-bond donors (Lipinski definition) is 1. The second kappa shape index (κ2) is 9.29. The van der Waals surface area contributed by atoms with Crippen molar-refractivity contribution in [2.24, 2.45) is 14.1 Å². The van der Waals surface area contributed by atoms with Crippen LogP contribution in [0.4, 0.5) is 5.69 Å². The lowest BCUT2D eigenvalue weighted by molar-refractivity contribution is -0.113. The van der Waals surface area contributed by atoms with Crippen molar-refractivity contribution in [2.45, 2.75) is 5.03 Å². The molecule has 0 spiro atoms. The van der Waals surface area contributed by atoms with Gasteiger partial charge in [-0.3, -0.25) is 18.7 Å². The molecule has 1 amide bonds. The van der Waals surface area contributed by atoms with Crippen LogP contribution in [0.15, 0.2) is 69.2 Å². The van der Waals surface area contributed by atoms with Gasteiger partial charge in [0.05, 0.1) is 12.9 Å². The molecule has 0 aliphatic rings. The van der Waals surface area contributed by atoms with Crippen molar-refractivity contribution in [3.05, 3.63) is 75.4 Å². The van der Waals surface area contributed by atoms with Crippen molar-refractivity contribution >= 4 is 34.4 Å². The van der Waals surface area contributed by atoms with Crippen LogP contribution in [-0.2, 0) is 18.9 Å². The van der Waals surface area contributed by atoms with Gasteiger partial charge in [0.2, 0.25) is 5.91 Å². The summed E-state index contributed by atoms with van der Waals surface area (Å²) in [4.78, 5) is 47.0. The van der Waals surface area contributed by atoms with Gasteiger partial charge in [-0.1, -0.05) is 48.2 Å². The van der Waals surface area contributed by atoms with Crippen LogP contribution in [0.5, 0.6) is 5.75 Å². The number of nitrogens with zero attached hydrogens (tertiary/aromatic N) is 4. The van der Waals surface area contributed by atoms with E-state index in [0.717, 1.165) is 21.9 Å². The van der Waals surface area contributed by atoms with Gasteiger partial charge in [-0.05, 0) is 12.1 Å². The Morgan fingerprint density at radius 3 is 2.52 bits per heavy atom. The normalized spacial score (nSPS) is 10.9. The zero-order valence-electron chi connectivity index (χ0n) is 18.2. The zero-order chi connectivity index (χ0) is 23.5. The first-order chi connectivity index (χ1) is 15.9. The maximum atomic E-state index is 12.9. The minimum atomic E-state index is -0.511. The molecule has 0 atom stereocenters. The van der Waals surface area contributed by atoms with Crippen LogP contribution >= 0.6 is 11.8 Å². The van der Waals surface area contributed by atoms with E-state index in [2.05, 4.69) is 15.3 Å². The number of nitrogens with one attached hydrogen (secondary N) is 1. The van der Waals surface area contributed by atoms with E-state index in [-0.39, 0.29) is 22.7 Å². The van der Waals surface area contributed by atoms with Gasteiger partial charge in [0, 0.05) is 31.4 Å². The molecule has 9 nitrogen and oxygen atoms in total. The highest BCUT2D eigenvalue weighted by atomic mass is 32.2. The number of carbonyl (C=O) groups is 1. The molecule has 0 saturated heterocycles. The maximum Gasteiger partial charge on any atom is 0.332 e. The summed E-state index contributed by atoms with van der Waals surface area (Å²) in [6.45, 7) is 0. The molecule has 0 aliphatic carbocycles. The molecule has 10 heteroatoms. The molecule has 2 heterocycles. The molecule has 0 aliphatic heterocycles. The molecular formula is C23H21N5O4S. The van der Waals surface area contributed by atoms with Crippen molar-refractivity contribution in [2.75, 3.05) is 18.2 Å². The number of carbonyl (C=O) groups excluding carboxylic acids is 1. The first-order valence-electron chi connectivity index (χ1n) is 9.99. The predicted molar refractivity (Wildman–Crippen MR) is 128 cm³/mol. The van der Waals surface area contributed by atoms with E-state index in [0.29, 0.717) is 22.3 Å². The lowest BCUT2D eigenvalue weighted by Gasteiger charge is -2.12. The maximum absolute atomic E-state index is 12.9. The lowest BCUT2D eigenvalue weighted by atomic mass is 10.2. The van der Waals surface area contributed by atoms with Gasteiger partial charge in [-0.15, -0.1) is 0 Å². The van der Waals surface area contributed by atoms with E-state index in [1.54, 1.807) is 38.4 Å². The second-order valence-electron chi connectivity index (χ2n) is 7.19. The number of rotatable bonds is 6. The summed E-state index contributed by atoms with van der Waals surface area (Å²) in [5.41, 5.74) is 0.541. The Bertz CT molecular complexity index is 1460. The number of hydrogen-bond acceptors (Lipinski definition) is 7. The third-order valence-corrected chi connectivity index (χ3v) is 5.97. The van der Waals surface area contributed by atoms with E-state index in [1.807, 2.05) is 30.3 Å². The topological polar surface area (TPSA) is 108 Å². The van der Waals surface area contributed by atoms with Crippen LogP contribution in [0.2, 0.25) is 0 Å². The number of amides is 1. The summed E-state index contributed by atoms with van der Waals surface area (Å²) in [7, 11) is 4.50. The van der Waals surface area contributed by atoms with Crippen LogP contribution in [0.3, 0.4) is 0 Å². The molecule has 33 heavy (non-hydrogen) atoms. The Kier molecular flexibility index (Phi) is 6.27. The molecule has 2 aromatic carbocycles. The Morgan fingerprint density at radius 2 is 1.79 bits per heavy atom. The molecule has 0 bridgehead atoms. The smallest absolute Gasteiger partial charge is 0.332 e. The monoisotopic (exact) mass is 463 g/mol. The summed E-state index contributed by atoms with van der Waals surface area (Å²) in [6.07, 6.45) is 0. The number of anilines is 1. The van der Waals surface area contributed by atoms with Gasteiger partial charge in [0.25, 0.3) is 5.56 Å². The Morgan fingerprint density at radius 1 is 1.03 bits per heavy atom. The van der Waals surface area contributed by atoms with Crippen molar-refractivity contribution in [3.8, 4) is 17.1 Å². The van der Waals surface area contributed by atoms with Gasteiger partial charge in [0.15, 0.2) is 11.5 Å². The Hall–Kier alpha value is -3.92. The molecule has 0 fully saturated rings. The SMILES string of the molecule is COc1cccc(NC(=O)CSc2nc(-c3ccccc3)nc3c2c(=O)n(C)c(=O)n3C)c1. The molecular weight excluding hydrogens is 442 g/mol. The van der Waals surface area contributed by atoms with Gasteiger partial charge in [-0.2, -0.15) is 0 Å². The van der Waals surface area contributed by atoms with Gasteiger partial charge in [-0.25, -0.2) is 14.8 Å². The largest absolute Gasteiger partial charge is 0.497 e. The third kappa shape index (κ3) is 4.51. The number of ether oxygens (including phenoxy) is 1. The summed E-state index contributed by atoms with van der Waals surface area (Å²) in [5.74, 6) is 0.716. The van der Waals surface area contributed by atoms with E-state index in [9.17, 15) is 14.4 Å². The van der Waals surface area contributed by atoms with E-state index < -0.39 is 11.2 Å². The minimum absolute atomic E-state index is 0.00352. The average Bonchev–Trinajstić information content (AvgIpc) is 2.85. The molecule has 2 aromatic heterocycles. The van der Waals surface area contributed by atoms with Crippen LogP contribution in [0.1, 0.15) is 0 Å². The minimum Gasteiger partial charge on any atom is -0.497 e. The highest BCUT2D eigenvalue weighted by molar-refractivity contribution is 8.00. The van der Waals surface area contributed by atoms with E-state index >= 15 is 0 Å². The van der Waals surface area contributed by atoms with Crippen LogP contribution in [-0.4, -0.2) is 37.9 Å². The number of thioether (sulfide) groups is 1. The fourth-order valence-corrected chi connectivity index (χ4v) is 4.10. The quantitative estimate of drug-likeness (QED) is 0.346. The Labute approximate surface area is 193 Å². The fourth-order valence-electron chi connectivity index (χ4n) is 3.28. The summed E-state index contributed by atoms with van der Waals surface area (Å²) in [6, 6.07) is 16.3. The molecule has 1 N–H and O–H groups in total. The molecule has 0 saturated carbocycles. The van der Waals surface area contributed by atoms with Crippen molar-refractivity contribution in [3.63, 3.8) is 0 Å². The molecule has 0 unspecified atom stereocenters.